The number of piperidine rings is 1. The molecule has 52 heavy (non-hydrogen) atoms. The molecule has 5 heterocycles. The Bertz CT molecular complexity index is 1800. The number of hydrogen-bond acceptors (Lipinski definition) is 10. The predicted molar refractivity (Wildman–Crippen MR) is 207 cm³/mol. The van der Waals surface area contributed by atoms with Gasteiger partial charge < -0.3 is 29.1 Å². The van der Waals surface area contributed by atoms with Crippen LogP contribution in [0.4, 0.5) is 10.6 Å². The number of fused-ring (bicyclic) bond motifs is 3. The third-order valence-electron chi connectivity index (χ3n) is 10.3. The van der Waals surface area contributed by atoms with E-state index >= 15 is 0 Å². The van der Waals surface area contributed by atoms with Gasteiger partial charge in [0, 0.05) is 77.0 Å². The second-order valence-electron chi connectivity index (χ2n) is 17.3. The molecule has 0 spiro atoms. The van der Waals surface area contributed by atoms with Crippen LogP contribution < -0.4 is 9.64 Å². The van der Waals surface area contributed by atoms with Crippen molar-refractivity contribution in [1.82, 2.24) is 24.5 Å². The van der Waals surface area contributed by atoms with Crippen LogP contribution in [-0.2, 0) is 19.3 Å². The van der Waals surface area contributed by atoms with Gasteiger partial charge in [-0.1, -0.05) is 39.3 Å². The van der Waals surface area contributed by atoms with Crippen LogP contribution in [0, 0.1) is 5.92 Å². The number of aromatic nitrogens is 4. The molecule has 1 N–H and O–H groups in total. The smallest absolute Gasteiger partial charge is 0.407 e. The fraction of sp³-hybridized carbons (Fsp3) is 0.667. The molecule has 6 rings (SSSR count). The fourth-order valence-electron chi connectivity index (χ4n) is 7.18. The molecule has 2 bridgehead atoms. The fourth-order valence-corrected chi connectivity index (χ4v) is 9.84. The van der Waals surface area contributed by atoms with Gasteiger partial charge in [-0.05, 0) is 62.6 Å². The number of rotatable bonds is 17. The van der Waals surface area contributed by atoms with Crippen LogP contribution in [0.5, 0.6) is 5.88 Å². The number of ether oxygens (including phenoxy) is 3. The molecule has 3 fully saturated rings. The minimum absolute atomic E-state index is 0.0902. The summed E-state index contributed by atoms with van der Waals surface area (Å²) in [6.07, 6.45) is 8.59. The first-order chi connectivity index (χ1) is 24.5. The molecular formula is C36H56N6O7SSi2. The molecular weight excluding hydrogens is 717 g/mol. The second kappa shape index (κ2) is 15.4. The van der Waals surface area contributed by atoms with Gasteiger partial charge in [-0.15, -0.1) is 0 Å². The number of sulfone groups is 1. The van der Waals surface area contributed by atoms with E-state index in [9.17, 15) is 18.3 Å². The molecule has 1 saturated carbocycles. The summed E-state index contributed by atoms with van der Waals surface area (Å²) in [6, 6.07) is 5.29. The van der Waals surface area contributed by atoms with Crippen molar-refractivity contribution >= 4 is 43.5 Å². The number of nitrogens with zero attached hydrogens (tertiary/aromatic N) is 6. The first-order valence-electron chi connectivity index (χ1n) is 18.6. The lowest BCUT2D eigenvalue weighted by Gasteiger charge is -2.38. The minimum Gasteiger partial charge on any atom is -0.477 e. The summed E-state index contributed by atoms with van der Waals surface area (Å²) >= 11 is 0. The summed E-state index contributed by atoms with van der Waals surface area (Å²) in [5.41, 5.74) is 2.41. The highest BCUT2D eigenvalue weighted by Crippen LogP contribution is 2.46. The maximum absolute atomic E-state index is 14.1. The Morgan fingerprint density at radius 2 is 1.56 bits per heavy atom. The van der Waals surface area contributed by atoms with Gasteiger partial charge in [0.2, 0.25) is 5.88 Å². The monoisotopic (exact) mass is 772 g/mol. The number of carboxylic acid groups (broad SMARTS) is 1. The van der Waals surface area contributed by atoms with Crippen LogP contribution in [-0.4, -0.2) is 112 Å². The maximum atomic E-state index is 14.1. The first kappa shape index (κ1) is 38.7. The predicted octanol–water partition coefficient (Wildman–Crippen LogP) is 6.80. The van der Waals surface area contributed by atoms with Crippen molar-refractivity contribution in [2.75, 3.05) is 44.4 Å². The average molecular weight is 773 g/mol. The van der Waals surface area contributed by atoms with E-state index in [1.165, 1.54) is 19.1 Å². The third-order valence-corrected chi connectivity index (χ3v) is 14.9. The largest absolute Gasteiger partial charge is 0.477 e. The minimum atomic E-state index is -3.89. The van der Waals surface area contributed by atoms with Crippen molar-refractivity contribution in [3.05, 3.63) is 30.2 Å². The van der Waals surface area contributed by atoms with Gasteiger partial charge in [-0.25, -0.2) is 23.2 Å². The van der Waals surface area contributed by atoms with E-state index in [0.29, 0.717) is 67.2 Å². The summed E-state index contributed by atoms with van der Waals surface area (Å²) in [4.78, 5) is 25.4. The van der Waals surface area contributed by atoms with Crippen molar-refractivity contribution in [2.45, 2.75) is 113 Å². The lowest BCUT2D eigenvalue weighted by atomic mass is 9.88. The summed E-state index contributed by atoms with van der Waals surface area (Å²) in [5, 5.41) is 14.8. The second-order valence-corrected chi connectivity index (χ2v) is 30.5. The van der Waals surface area contributed by atoms with E-state index in [-0.39, 0.29) is 36.4 Å². The topological polar surface area (TPSA) is 149 Å². The van der Waals surface area contributed by atoms with E-state index in [0.717, 1.165) is 30.5 Å². The van der Waals surface area contributed by atoms with Gasteiger partial charge in [0.1, 0.15) is 18.4 Å². The molecule has 0 aromatic carbocycles. The number of hydrogen-bond donors (Lipinski definition) is 1. The molecule has 286 valence electrons. The van der Waals surface area contributed by atoms with E-state index < -0.39 is 32.1 Å². The maximum Gasteiger partial charge on any atom is 0.407 e. The van der Waals surface area contributed by atoms with Gasteiger partial charge >= 0.3 is 6.09 Å². The van der Waals surface area contributed by atoms with Crippen molar-refractivity contribution in [1.29, 1.82) is 0 Å². The van der Waals surface area contributed by atoms with Gasteiger partial charge in [-0.3, -0.25) is 0 Å². The van der Waals surface area contributed by atoms with Crippen LogP contribution in [0.2, 0.25) is 51.4 Å². The molecule has 1 unspecified atom stereocenters. The summed E-state index contributed by atoms with van der Waals surface area (Å²) in [7, 11) is -6.69. The lowest BCUT2D eigenvalue weighted by Crippen LogP contribution is -2.45. The summed E-state index contributed by atoms with van der Waals surface area (Å²) < 4.78 is 48.2. The van der Waals surface area contributed by atoms with Crippen LogP contribution in [0.25, 0.3) is 16.8 Å². The Morgan fingerprint density at radius 3 is 2.06 bits per heavy atom. The highest BCUT2D eigenvalue weighted by atomic mass is 32.2. The SMILES string of the molecule is C[Si](C)(C)CCOCN(COCC[Si](C)(C)C)c1c(S(C)(=O)=O)c(C2C[C@H]3CC[C@@H](C2)N3C(=O)O)nc2c(-c3ccc(OCC4CC4)nc3)cnn12. The summed E-state index contributed by atoms with van der Waals surface area (Å²) in [6.45, 7) is 15.7. The number of anilines is 1. The molecule has 2 saturated heterocycles. The van der Waals surface area contributed by atoms with Gasteiger partial charge in [0.15, 0.2) is 21.3 Å². The average Bonchev–Trinajstić information content (AvgIpc) is 3.72. The molecule has 3 aliphatic rings. The molecule has 3 atom stereocenters. The standard InChI is InChI=1S/C36H56N6O7SSi2/c1-50(45,46)33-32(27-18-28-11-12-29(19-27)41(28)36(43)44)39-34-30(26-10-13-31(37-20-26)49-22-25-8-9-25)21-38-42(34)35(33)40(23-47-14-16-51(2,3)4)24-48-15-17-52(5,6)7/h10,13,20-21,25,27-29H,8-9,11-12,14-19,22-24H2,1-7H3,(H,43,44)/t27?,28-,29+. The molecule has 3 aromatic rings. The van der Waals surface area contributed by atoms with Crippen LogP contribution in [0.15, 0.2) is 29.4 Å². The Balaban J connectivity index is 1.46. The molecule has 2 aliphatic heterocycles. The quantitative estimate of drug-likeness (QED) is 0.0877. The highest BCUT2D eigenvalue weighted by Gasteiger charge is 2.46. The zero-order chi connectivity index (χ0) is 37.4. The molecule has 13 nitrogen and oxygen atoms in total. The van der Waals surface area contributed by atoms with Gasteiger partial charge in [0.25, 0.3) is 0 Å². The molecule has 16 heteroatoms. The summed E-state index contributed by atoms with van der Waals surface area (Å²) in [5.74, 6) is 1.23. The Morgan fingerprint density at radius 1 is 0.942 bits per heavy atom. The third kappa shape index (κ3) is 9.35. The van der Waals surface area contributed by atoms with Gasteiger partial charge in [0.05, 0.1) is 18.5 Å². The van der Waals surface area contributed by atoms with Crippen LogP contribution in [0.1, 0.15) is 50.1 Å². The zero-order valence-corrected chi connectivity index (χ0v) is 34.6. The van der Waals surface area contributed by atoms with E-state index in [2.05, 4.69) is 44.3 Å². The van der Waals surface area contributed by atoms with Crippen LogP contribution in [0.3, 0.4) is 0 Å². The number of pyridine rings is 1. The Labute approximate surface area is 310 Å². The normalized spacial score (nSPS) is 20.8. The molecule has 3 aromatic heterocycles. The van der Waals surface area contributed by atoms with Crippen molar-refractivity contribution in [3.8, 4) is 17.0 Å². The molecule has 1 aliphatic carbocycles. The lowest BCUT2D eigenvalue weighted by molar-refractivity contribution is 0.0925. The van der Waals surface area contributed by atoms with E-state index in [4.69, 9.17) is 24.3 Å². The van der Waals surface area contributed by atoms with Crippen LogP contribution >= 0.6 is 0 Å². The number of carbonyl (C=O) groups is 1. The Kier molecular flexibility index (Phi) is 11.4. The number of amides is 1. The van der Waals surface area contributed by atoms with E-state index in [1.807, 2.05) is 17.0 Å². The van der Waals surface area contributed by atoms with E-state index in [1.54, 1.807) is 21.8 Å². The van der Waals surface area contributed by atoms with Crippen molar-refractivity contribution in [3.63, 3.8) is 0 Å². The van der Waals surface area contributed by atoms with Crippen molar-refractivity contribution in [2.24, 2.45) is 5.92 Å². The Hall–Kier alpha value is -3.06. The zero-order valence-electron chi connectivity index (χ0n) is 31.8. The molecule has 0 radical (unpaired) electrons. The van der Waals surface area contributed by atoms with Crippen molar-refractivity contribution < 1.29 is 32.5 Å². The molecule has 1 amide bonds. The highest BCUT2D eigenvalue weighted by molar-refractivity contribution is 7.91. The van der Waals surface area contributed by atoms with Gasteiger partial charge in [-0.2, -0.15) is 9.61 Å². The first-order valence-corrected chi connectivity index (χ1v) is 27.9.